The molecule has 1 atom stereocenters. The molecule has 2 N–H and O–H groups in total. The quantitative estimate of drug-likeness (QED) is 0.687. The molecule has 6 heteroatoms. The highest BCUT2D eigenvalue weighted by atomic mass is 19.1. The van der Waals surface area contributed by atoms with Crippen molar-refractivity contribution in [2.75, 3.05) is 19.6 Å². The van der Waals surface area contributed by atoms with E-state index in [1.165, 1.54) is 12.1 Å². The van der Waals surface area contributed by atoms with Gasteiger partial charge >= 0.3 is 5.69 Å². The number of para-hydroxylation sites is 2. The number of halogens is 1. The summed E-state index contributed by atoms with van der Waals surface area (Å²) in [6.07, 6.45) is 2.22. The molecular weight excluding hydrogens is 357 g/mol. The summed E-state index contributed by atoms with van der Waals surface area (Å²) >= 11 is 0. The van der Waals surface area contributed by atoms with Crippen molar-refractivity contribution in [3.8, 4) is 0 Å². The minimum atomic E-state index is -0.535. The maximum Gasteiger partial charge on any atom is 0.326 e. The fraction of sp³-hybridized carbons (Fsp3) is 0.409. The van der Waals surface area contributed by atoms with Crippen molar-refractivity contribution >= 4 is 11.0 Å². The third-order valence-electron chi connectivity index (χ3n) is 5.83. The molecular formula is C22H26FN3O2. The molecule has 0 spiro atoms. The SMILES string of the molecule is O=c1[nH]c2ccccc2n1CCCN1CCC([C@@H](O)c2ccc(F)cc2)CC1. The summed E-state index contributed by atoms with van der Waals surface area (Å²) in [5.41, 5.74) is 2.57. The van der Waals surface area contributed by atoms with E-state index in [1.807, 2.05) is 24.3 Å². The van der Waals surface area contributed by atoms with Crippen molar-refractivity contribution in [2.45, 2.75) is 31.9 Å². The smallest absolute Gasteiger partial charge is 0.326 e. The van der Waals surface area contributed by atoms with Crippen LogP contribution >= 0.6 is 0 Å². The average molecular weight is 383 g/mol. The molecule has 1 fully saturated rings. The van der Waals surface area contributed by atoms with E-state index in [0.29, 0.717) is 6.54 Å². The predicted molar refractivity (Wildman–Crippen MR) is 108 cm³/mol. The molecule has 1 aliphatic heterocycles. The molecule has 5 nitrogen and oxygen atoms in total. The molecule has 2 aromatic carbocycles. The van der Waals surface area contributed by atoms with E-state index in [-0.39, 0.29) is 17.4 Å². The number of aryl methyl sites for hydroxylation is 1. The maximum absolute atomic E-state index is 13.1. The second kappa shape index (κ2) is 8.29. The van der Waals surface area contributed by atoms with Gasteiger partial charge in [0.2, 0.25) is 0 Å². The standard InChI is InChI=1S/C22H26FN3O2/c23-18-8-6-16(7-9-18)21(27)17-10-14-25(15-11-17)12-3-13-26-20-5-2-1-4-19(20)24-22(26)28/h1-2,4-9,17,21,27H,3,10-15H2,(H,24,28)/t21-/m0/s1. The first-order chi connectivity index (χ1) is 13.6. The number of likely N-dealkylation sites (tertiary alicyclic amines) is 1. The van der Waals surface area contributed by atoms with Crippen LogP contribution in [-0.4, -0.2) is 39.2 Å². The first-order valence-electron chi connectivity index (χ1n) is 9.95. The van der Waals surface area contributed by atoms with Gasteiger partial charge in [0.1, 0.15) is 5.82 Å². The van der Waals surface area contributed by atoms with Crippen molar-refractivity contribution in [3.05, 3.63) is 70.4 Å². The van der Waals surface area contributed by atoms with Crippen LogP contribution in [-0.2, 0) is 6.54 Å². The molecule has 148 valence electrons. The van der Waals surface area contributed by atoms with Crippen LogP contribution in [0.5, 0.6) is 0 Å². The summed E-state index contributed by atoms with van der Waals surface area (Å²) in [6, 6.07) is 13.9. The Hall–Kier alpha value is -2.44. The van der Waals surface area contributed by atoms with Gasteiger partial charge in [0.05, 0.1) is 17.1 Å². The molecule has 0 radical (unpaired) electrons. The molecule has 0 aliphatic carbocycles. The van der Waals surface area contributed by atoms with Crippen LogP contribution in [0.15, 0.2) is 53.3 Å². The van der Waals surface area contributed by atoms with Crippen LogP contribution in [0, 0.1) is 11.7 Å². The number of nitrogens with one attached hydrogen (secondary N) is 1. The maximum atomic E-state index is 13.1. The summed E-state index contributed by atoms with van der Waals surface area (Å²) in [5, 5.41) is 10.6. The molecule has 2 heterocycles. The monoisotopic (exact) mass is 383 g/mol. The minimum Gasteiger partial charge on any atom is -0.388 e. The van der Waals surface area contributed by atoms with Gasteiger partial charge < -0.3 is 15.0 Å². The van der Waals surface area contributed by atoms with Gasteiger partial charge in [-0.1, -0.05) is 24.3 Å². The Labute approximate surface area is 163 Å². The minimum absolute atomic E-state index is 0.0534. The van der Waals surface area contributed by atoms with E-state index >= 15 is 0 Å². The van der Waals surface area contributed by atoms with Crippen molar-refractivity contribution in [2.24, 2.45) is 5.92 Å². The van der Waals surface area contributed by atoms with E-state index < -0.39 is 6.10 Å². The number of aliphatic hydroxyl groups is 1. The van der Waals surface area contributed by atoms with Gasteiger partial charge in [-0.3, -0.25) is 4.57 Å². The van der Waals surface area contributed by atoms with E-state index in [2.05, 4.69) is 9.88 Å². The number of benzene rings is 2. The van der Waals surface area contributed by atoms with Crippen LogP contribution in [0.3, 0.4) is 0 Å². The van der Waals surface area contributed by atoms with Gasteiger partial charge in [-0.05, 0) is 74.6 Å². The number of aliphatic hydroxyl groups excluding tert-OH is 1. The Morgan fingerprint density at radius 2 is 1.79 bits per heavy atom. The zero-order valence-corrected chi connectivity index (χ0v) is 15.9. The second-order valence-electron chi connectivity index (χ2n) is 7.63. The van der Waals surface area contributed by atoms with Crippen molar-refractivity contribution in [1.29, 1.82) is 0 Å². The molecule has 1 aliphatic rings. The second-order valence-corrected chi connectivity index (χ2v) is 7.63. The summed E-state index contributed by atoms with van der Waals surface area (Å²) in [6.45, 7) is 3.50. The van der Waals surface area contributed by atoms with E-state index in [1.54, 1.807) is 16.7 Å². The summed E-state index contributed by atoms with van der Waals surface area (Å²) in [7, 11) is 0. The van der Waals surface area contributed by atoms with Crippen LogP contribution in [0.25, 0.3) is 11.0 Å². The average Bonchev–Trinajstić information content (AvgIpc) is 3.04. The molecule has 0 unspecified atom stereocenters. The number of H-pyrrole nitrogens is 1. The first kappa shape index (κ1) is 18.9. The zero-order chi connectivity index (χ0) is 19.5. The van der Waals surface area contributed by atoms with Crippen molar-refractivity contribution in [3.63, 3.8) is 0 Å². The third-order valence-corrected chi connectivity index (χ3v) is 5.83. The summed E-state index contributed by atoms with van der Waals surface area (Å²) < 4.78 is 14.9. The topological polar surface area (TPSA) is 61.3 Å². The lowest BCUT2D eigenvalue weighted by molar-refractivity contribution is 0.0582. The summed E-state index contributed by atoms with van der Waals surface area (Å²) in [5.74, 6) is -0.0713. The van der Waals surface area contributed by atoms with E-state index in [9.17, 15) is 14.3 Å². The van der Waals surface area contributed by atoms with Crippen LogP contribution < -0.4 is 5.69 Å². The van der Waals surface area contributed by atoms with Crippen LogP contribution in [0.4, 0.5) is 4.39 Å². The van der Waals surface area contributed by atoms with Crippen molar-refractivity contribution in [1.82, 2.24) is 14.5 Å². The van der Waals surface area contributed by atoms with Crippen molar-refractivity contribution < 1.29 is 9.50 Å². The van der Waals surface area contributed by atoms with E-state index in [0.717, 1.165) is 55.5 Å². The Kier molecular flexibility index (Phi) is 5.59. The normalized spacial score (nSPS) is 17.2. The number of fused-ring (bicyclic) bond motifs is 1. The zero-order valence-electron chi connectivity index (χ0n) is 15.9. The Balaban J connectivity index is 1.27. The fourth-order valence-electron chi connectivity index (χ4n) is 4.21. The van der Waals surface area contributed by atoms with Gasteiger partial charge in [0, 0.05) is 6.54 Å². The van der Waals surface area contributed by atoms with Gasteiger partial charge in [-0.2, -0.15) is 0 Å². The third kappa shape index (κ3) is 4.03. The fourth-order valence-corrected chi connectivity index (χ4v) is 4.21. The number of piperidine rings is 1. The molecule has 4 rings (SSSR count). The van der Waals surface area contributed by atoms with E-state index in [4.69, 9.17) is 0 Å². The number of aromatic amines is 1. The number of aromatic nitrogens is 2. The van der Waals surface area contributed by atoms with Gasteiger partial charge in [0.25, 0.3) is 0 Å². The Morgan fingerprint density at radius 1 is 1.07 bits per heavy atom. The summed E-state index contributed by atoms with van der Waals surface area (Å²) in [4.78, 5) is 17.4. The Bertz CT molecular complexity index is 971. The molecule has 1 saturated heterocycles. The molecule has 0 amide bonds. The number of rotatable bonds is 6. The number of nitrogens with zero attached hydrogens (tertiary/aromatic N) is 2. The molecule has 28 heavy (non-hydrogen) atoms. The molecule has 0 bridgehead atoms. The number of hydrogen-bond donors (Lipinski definition) is 2. The lowest BCUT2D eigenvalue weighted by atomic mass is 9.87. The highest BCUT2D eigenvalue weighted by molar-refractivity contribution is 5.74. The van der Waals surface area contributed by atoms with Gasteiger partial charge in [-0.15, -0.1) is 0 Å². The Morgan fingerprint density at radius 3 is 2.54 bits per heavy atom. The predicted octanol–water partition coefficient (Wildman–Crippen LogP) is 3.30. The number of hydrogen-bond acceptors (Lipinski definition) is 3. The largest absolute Gasteiger partial charge is 0.388 e. The first-order valence-corrected chi connectivity index (χ1v) is 9.95. The highest BCUT2D eigenvalue weighted by Gasteiger charge is 2.26. The highest BCUT2D eigenvalue weighted by Crippen LogP contribution is 2.30. The van der Waals surface area contributed by atoms with Crippen LogP contribution in [0.1, 0.15) is 30.9 Å². The molecule has 1 aromatic heterocycles. The lowest BCUT2D eigenvalue weighted by Gasteiger charge is -2.34. The number of imidazole rings is 1. The van der Waals surface area contributed by atoms with Gasteiger partial charge in [-0.25, -0.2) is 9.18 Å². The lowest BCUT2D eigenvalue weighted by Crippen LogP contribution is -2.36. The molecule has 0 saturated carbocycles. The van der Waals surface area contributed by atoms with Crippen LogP contribution in [0.2, 0.25) is 0 Å². The molecule has 3 aromatic rings. The van der Waals surface area contributed by atoms with Gasteiger partial charge in [0.15, 0.2) is 0 Å².